The lowest BCUT2D eigenvalue weighted by molar-refractivity contribution is 0.340. The second kappa shape index (κ2) is 10.1. The van der Waals surface area contributed by atoms with Gasteiger partial charge in [-0.1, -0.05) is 6.07 Å². The Labute approximate surface area is 170 Å². The van der Waals surface area contributed by atoms with Crippen LogP contribution >= 0.6 is 0 Å². The summed E-state index contributed by atoms with van der Waals surface area (Å²) in [6, 6.07) is 13.5. The number of hydrogen-bond acceptors (Lipinski definition) is 8. The molecule has 0 aliphatic rings. The van der Waals surface area contributed by atoms with Crippen molar-refractivity contribution < 1.29 is 14.2 Å². The molecule has 1 heterocycles. The SMILES string of the molecule is CCOc1ccc(Nc2nncc(NCCc3ccc(OC)c(OC)c3)n2)cc1. The van der Waals surface area contributed by atoms with Crippen LogP contribution < -0.4 is 24.8 Å². The molecule has 0 amide bonds. The molecule has 0 saturated carbocycles. The minimum absolute atomic E-state index is 0.422. The van der Waals surface area contributed by atoms with Gasteiger partial charge < -0.3 is 24.8 Å². The highest BCUT2D eigenvalue weighted by Gasteiger charge is 2.05. The predicted molar refractivity (Wildman–Crippen MR) is 112 cm³/mol. The fourth-order valence-electron chi connectivity index (χ4n) is 2.74. The quantitative estimate of drug-likeness (QED) is 0.537. The molecule has 0 aliphatic carbocycles. The van der Waals surface area contributed by atoms with Crippen molar-refractivity contribution in [1.29, 1.82) is 0 Å². The van der Waals surface area contributed by atoms with Crippen LogP contribution in [-0.4, -0.2) is 42.6 Å². The summed E-state index contributed by atoms with van der Waals surface area (Å²) in [6.45, 7) is 3.28. The Morgan fingerprint density at radius 1 is 0.966 bits per heavy atom. The molecule has 0 saturated heterocycles. The van der Waals surface area contributed by atoms with Crippen molar-refractivity contribution in [1.82, 2.24) is 15.2 Å². The first-order valence-electron chi connectivity index (χ1n) is 9.36. The largest absolute Gasteiger partial charge is 0.494 e. The zero-order valence-corrected chi connectivity index (χ0v) is 16.8. The van der Waals surface area contributed by atoms with Crippen LogP contribution in [0.4, 0.5) is 17.5 Å². The zero-order chi connectivity index (χ0) is 20.5. The van der Waals surface area contributed by atoms with E-state index in [0.717, 1.165) is 29.2 Å². The van der Waals surface area contributed by atoms with Gasteiger partial charge in [0.25, 0.3) is 0 Å². The van der Waals surface area contributed by atoms with Crippen molar-refractivity contribution in [3.8, 4) is 17.2 Å². The molecule has 3 aromatic rings. The Morgan fingerprint density at radius 3 is 2.48 bits per heavy atom. The van der Waals surface area contributed by atoms with Crippen molar-refractivity contribution in [2.45, 2.75) is 13.3 Å². The number of benzene rings is 2. The molecule has 0 spiro atoms. The summed E-state index contributed by atoms with van der Waals surface area (Å²) in [4.78, 5) is 4.45. The number of methoxy groups -OCH3 is 2. The van der Waals surface area contributed by atoms with Gasteiger partial charge in [-0.25, -0.2) is 0 Å². The predicted octanol–water partition coefficient (Wildman–Crippen LogP) is 3.69. The maximum Gasteiger partial charge on any atom is 0.249 e. The lowest BCUT2D eigenvalue weighted by Crippen LogP contribution is -2.09. The van der Waals surface area contributed by atoms with E-state index in [1.54, 1.807) is 20.4 Å². The van der Waals surface area contributed by atoms with E-state index in [-0.39, 0.29) is 0 Å². The highest BCUT2D eigenvalue weighted by Crippen LogP contribution is 2.27. The van der Waals surface area contributed by atoms with Crippen molar-refractivity contribution in [2.75, 3.05) is 38.0 Å². The zero-order valence-electron chi connectivity index (χ0n) is 16.8. The lowest BCUT2D eigenvalue weighted by Gasteiger charge is -2.11. The third-order valence-electron chi connectivity index (χ3n) is 4.15. The smallest absolute Gasteiger partial charge is 0.249 e. The number of hydrogen-bond donors (Lipinski definition) is 2. The number of ether oxygens (including phenoxy) is 3. The van der Waals surface area contributed by atoms with Crippen LogP contribution in [0.2, 0.25) is 0 Å². The second-order valence-electron chi connectivity index (χ2n) is 6.11. The van der Waals surface area contributed by atoms with Gasteiger partial charge in [-0.05, 0) is 55.3 Å². The first-order chi connectivity index (χ1) is 14.2. The normalized spacial score (nSPS) is 10.3. The van der Waals surface area contributed by atoms with Crippen LogP contribution in [0.5, 0.6) is 17.2 Å². The second-order valence-corrected chi connectivity index (χ2v) is 6.11. The molecule has 1 aromatic heterocycles. The van der Waals surface area contributed by atoms with Gasteiger partial charge >= 0.3 is 0 Å². The number of nitrogens with one attached hydrogen (secondary N) is 2. The van der Waals surface area contributed by atoms with Gasteiger partial charge in [0.05, 0.1) is 27.0 Å². The molecule has 2 aromatic carbocycles. The van der Waals surface area contributed by atoms with E-state index < -0.39 is 0 Å². The Hall–Kier alpha value is -3.55. The topological polar surface area (TPSA) is 90.4 Å². The average molecular weight is 395 g/mol. The molecule has 0 fully saturated rings. The maximum atomic E-state index is 5.44. The molecular weight excluding hydrogens is 370 g/mol. The van der Waals surface area contributed by atoms with Crippen molar-refractivity contribution in [2.24, 2.45) is 0 Å². The Kier molecular flexibility index (Phi) is 7.05. The van der Waals surface area contributed by atoms with Crippen LogP contribution in [0.25, 0.3) is 0 Å². The summed E-state index contributed by atoms with van der Waals surface area (Å²) in [7, 11) is 3.26. The first kappa shape index (κ1) is 20.2. The summed E-state index contributed by atoms with van der Waals surface area (Å²) >= 11 is 0. The first-order valence-corrected chi connectivity index (χ1v) is 9.36. The molecule has 0 aliphatic heterocycles. The van der Waals surface area contributed by atoms with E-state index >= 15 is 0 Å². The van der Waals surface area contributed by atoms with Gasteiger partial charge in [-0.15, -0.1) is 5.10 Å². The van der Waals surface area contributed by atoms with Gasteiger partial charge in [0, 0.05) is 12.2 Å². The summed E-state index contributed by atoms with van der Waals surface area (Å²) < 4.78 is 16.1. The van der Waals surface area contributed by atoms with Crippen molar-refractivity contribution >= 4 is 17.5 Å². The molecule has 29 heavy (non-hydrogen) atoms. The van der Waals surface area contributed by atoms with Crippen LogP contribution in [0, 0.1) is 0 Å². The van der Waals surface area contributed by atoms with Gasteiger partial charge in [-0.3, -0.25) is 0 Å². The molecule has 2 N–H and O–H groups in total. The lowest BCUT2D eigenvalue weighted by atomic mass is 10.1. The fraction of sp³-hybridized carbons (Fsp3) is 0.286. The molecular formula is C21H25N5O3. The van der Waals surface area contributed by atoms with Crippen LogP contribution in [0.15, 0.2) is 48.7 Å². The summed E-state index contributed by atoms with van der Waals surface area (Å²) in [6.07, 6.45) is 2.39. The molecule has 0 radical (unpaired) electrons. The molecule has 8 nitrogen and oxygen atoms in total. The minimum atomic E-state index is 0.422. The maximum absolute atomic E-state index is 5.44. The monoisotopic (exact) mass is 395 g/mol. The number of rotatable bonds is 10. The van der Waals surface area contributed by atoms with E-state index in [0.29, 0.717) is 30.7 Å². The van der Waals surface area contributed by atoms with E-state index in [1.165, 1.54) is 0 Å². The van der Waals surface area contributed by atoms with Gasteiger partial charge in [0.15, 0.2) is 17.3 Å². The average Bonchev–Trinajstić information content (AvgIpc) is 2.75. The van der Waals surface area contributed by atoms with Crippen molar-refractivity contribution in [3.63, 3.8) is 0 Å². The Bertz CT molecular complexity index is 918. The molecule has 0 atom stereocenters. The van der Waals surface area contributed by atoms with Gasteiger partial charge in [0.1, 0.15) is 5.75 Å². The van der Waals surface area contributed by atoms with Crippen LogP contribution in [-0.2, 0) is 6.42 Å². The highest BCUT2D eigenvalue weighted by molar-refractivity contribution is 5.55. The molecule has 152 valence electrons. The Balaban J connectivity index is 1.56. The summed E-state index contributed by atoms with van der Waals surface area (Å²) in [5.74, 6) is 3.33. The number of aromatic nitrogens is 3. The van der Waals surface area contributed by atoms with Crippen molar-refractivity contribution in [3.05, 3.63) is 54.2 Å². The van der Waals surface area contributed by atoms with E-state index in [9.17, 15) is 0 Å². The van der Waals surface area contributed by atoms with Crippen LogP contribution in [0.1, 0.15) is 12.5 Å². The third-order valence-corrected chi connectivity index (χ3v) is 4.15. The van der Waals surface area contributed by atoms with Crippen LogP contribution in [0.3, 0.4) is 0 Å². The number of anilines is 3. The summed E-state index contributed by atoms with van der Waals surface area (Å²) in [5.41, 5.74) is 1.99. The summed E-state index contributed by atoms with van der Waals surface area (Å²) in [5, 5.41) is 14.4. The molecule has 3 rings (SSSR count). The molecule has 0 unspecified atom stereocenters. The Morgan fingerprint density at radius 2 is 1.76 bits per heavy atom. The van der Waals surface area contributed by atoms with E-state index in [2.05, 4.69) is 25.8 Å². The number of nitrogens with zero attached hydrogens (tertiary/aromatic N) is 3. The van der Waals surface area contributed by atoms with E-state index in [1.807, 2.05) is 49.4 Å². The molecule has 8 heteroatoms. The standard InChI is InChI=1S/C21H25N5O3/c1-4-29-17-8-6-16(7-9-17)24-21-25-20(14-23-26-21)22-12-11-15-5-10-18(27-2)19(13-15)28-3/h5-10,13-14H,4,11-12H2,1-3H3,(H2,22,24,25,26). The van der Waals surface area contributed by atoms with Gasteiger partial charge in [0.2, 0.25) is 5.95 Å². The highest BCUT2D eigenvalue weighted by atomic mass is 16.5. The van der Waals surface area contributed by atoms with E-state index in [4.69, 9.17) is 14.2 Å². The minimum Gasteiger partial charge on any atom is -0.494 e. The fourth-order valence-corrected chi connectivity index (χ4v) is 2.74. The third kappa shape index (κ3) is 5.71. The van der Waals surface area contributed by atoms with Gasteiger partial charge in [-0.2, -0.15) is 10.1 Å². The molecule has 0 bridgehead atoms.